The minimum absolute atomic E-state index is 0.676. The van der Waals surface area contributed by atoms with Crippen molar-refractivity contribution in [3.05, 3.63) is 21.9 Å². The Balaban J connectivity index is 1.48. The lowest BCUT2D eigenvalue weighted by molar-refractivity contribution is 0.404. The van der Waals surface area contributed by atoms with Crippen molar-refractivity contribution < 1.29 is 0 Å². The van der Waals surface area contributed by atoms with Crippen LogP contribution in [0.5, 0.6) is 0 Å². The van der Waals surface area contributed by atoms with E-state index in [1.165, 1.54) is 37.1 Å². The topological polar surface area (TPSA) is 35.8 Å². The molecule has 0 unspecified atom stereocenters. The summed E-state index contributed by atoms with van der Waals surface area (Å²) in [5.41, 5.74) is 1.47. The highest BCUT2D eigenvalue weighted by molar-refractivity contribution is 7.10. The summed E-state index contributed by atoms with van der Waals surface area (Å²) >= 11 is 1.68. The van der Waals surface area contributed by atoms with Crippen molar-refractivity contribution in [1.82, 2.24) is 5.32 Å². The summed E-state index contributed by atoms with van der Waals surface area (Å²) in [5.74, 6) is 1.03. The molecular formula is C13H16N2S. The van der Waals surface area contributed by atoms with Crippen LogP contribution in [0.1, 0.15) is 36.1 Å². The Morgan fingerprint density at radius 3 is 2.88 bits per heavy atom. The van der Waals surface area contributed by atoms with Crippen LogP contribution in [0.3, 0.4) is 0 Å². The Bertz CT molecular complexity index is 421. The summed E-state index contributed by atoms with van der Waals surface area (Å²) in [7, 11) is 0. The molecule has 3 heteroatoms. The van der Waals surface area contributed by atoms with E-state index in [1.54, 1.807) is 11.3 Å². The van der Waals surface area contributed by atoms with E-state index in [-0.39, 0.29) is 0 Å². The molecule has 0 spiro atoms. The Kier molecular flexibility index (Phi) is 2.49. The Labute approximate surface area is 100 Å². The normalized spacial score (nSPS) is 21.7. The van der Waals surface area contributed by atoms with E-state index in [0.717, 1.165) is 18.0 Å². The lowest BCUT2D eigenvalue weighted by Crippen LogP contribution is -2.24. The molecule has 0 radical (unpaired) electrons. The molecule has 0 atom stereocenters. The van der Waals surface area contributed by atoms with Crippen LogP contribution < -0.4 is 5.32 Å². The third kappa shape index (κ3) is 2.00. The highest BCUT2D eigenvalue weighted by atomic mass is 32.1. The van der Waals surface area contributed by atoms with E-state index in [2.05, 4.69) is 11.4 Å². The van der Waals surface area contributed by atoms with Crippen molar-refractivity contribution in [2.24, 2.45) is 11.3 Å². The first kappa shape index (κ1) is 10.3. The van der Waals surface area contributed by atoms with Crippen LogP contribution in [0, 0.1) is 22.7 Å². The molecule has 1 aromatic rings. The molecule has 2 nitrogen and oxygen atoms in total. The molecule has 0 aliphatic heterocycles. The molecule has 16 heavy (non-hydrogen) atoms. The summed E-state index contributed by atoms with van der Waals surface area (Å²) < 4.78 is 0. The van der Waals surface area contributed by atoms with Gasteiger partial charge in [-0.15, -0.1) is 11.3 Å². The molecule has 0 amide bonds. The van der Waals surface area contributed by atoms with Gasteiger partial charge in [-0.05, 0) is 43.1 Å². The Morgan fingerprint density at radius 2 is 2.31 bits per heavy atom. The molecular weight excluding hydrogens is 216 g/mol. The molecule has 0 saturated heterocycles. The maximum absolute atomic E-state index is 8.73. The summed E-state index contributed by atoms with van der Waals surface area (Å²) in [6, 6.07) is 4.17. The number of nitriles is 1. The fraction of sp³-hybridized carbons (Fsp3) is 0.615. The van der Waals surface area contributed by atoms with Crippen LogP contribution in [0.2, 0.25) is 0 Å². The van der Waals surface area contributed by atoms with Crippen LogP contribution in [-0.4, -0.2) is 6.54 Å². The average Bonchev–Trinajstić information content (AvgIpc) is 3.17. The average molecular weight is 232 g/mol. The Hall–Kier alpha value is -0.850. The number of rotatable bonds is 5. The molecule has 2 fully saturated rings. The van der Waals surface area contributed by atoms with Gasteiger partial charge in [0.25, 0.3) is 0 Å². The zero-order chi connectivity index (χ0) is 11.0. The van der Waals surface area contributed by atoms with Gasteiger partial charge in [-0.3, -0.25) is 0 Å². The second-order valence-electron chi connectivity index (χ2n) is 5.15. The minimum Gasteiger partial charge on any atom is -0.311 e. The van der Waals surface area contributed by atoms with E-state index in [0.29, 0.717) is 5.41 Å². The maximum atomic E-state index is 8.73. The molecule has 1 heterocycles. The number of hydrogen-bond acceptors (Lipinski definition) is 3. The van der Waals surface area contributed by atoms with Gasteiger partial charge >= 0.3 is 0 Å². The van der Waals surface area contributed by atoms with Crippen molar-refractivity contribution in [2.75, 3.05) is 6.54 Å². The first-order chi connectivity index (χ1) is 7.82. The monoisotopic (exact) mass is 232 g/mol. The van der Waals surface area contributed by atoms with E-state index in [9.17, 15) is 0 Å². The summed E-state index contributed by atoms with van der Waals surface area (Å²) in [6.45, 7) is 2.11. The Morgan fingerprint density at radius 1 is 1.50 bits per heavy atom. The number of nitrogens with one attached hydrogen (secondary N) is 1. The van der Waals surface area contributed by atoms with Crippen LogP contribution >= 0.6 is 11.3 Å². The van der Waals surface area contributed by atoms with Gasteiger partial charge in [0.1, 0.15) is 6.07 Å². The number of hydrogen-bond donors (Lipinski definition) is 1. The van der Waals surface area contributed by atoms with Gasteiger partial charge in [0.05, 0.1) is 5.56 Å². The molecule has 1 aromatic heterocycles. The zero-order valence-corrected chi connectivity index (χ0v) is 10.1. The predicted octanol–water partition coefficient (Wildman–Crippen LogP) is 2.90. The fourth-order valence-electron chi connectivity index (χ4n) is 2.55. The lowest BCUT2D eigenvalue weighted by atomic mass is 10.0. The molecule has 1 N–H and O–H groups in total. The van der Waals surface area contributed by atoms with Gasteiger partial charge < -0.3 is 5.32 Å². The summed E-state index contributed by atoms with van der Waals surface area (Å²) in [6.07, 6.45) is 5.77. The second-order valence-corrected chi connectivity index (χ2v) is 6.15. The number of nitrogens with zero attached hydrogens (tertiary/aromatic N) is 1. The standard InChI is InChI=1S/C13H16N2S/c14-6-10-5-12(16-8-10)7-15-9-13(3-4-13)11-1-2-11/h5,8,11,15H,1-4,7,9H2. The molecule has 84 valence electrons. The van der Waals surface area contributed by atoms with Gasteiger partial charge in [-0.25, -0.2) is 0 Å². The first-order valence-electron chi connectivity index (χ1n) is 6.01. The van der Waals surface area contributed by atoms with Crippen molar-refractivity contribution in [3.8, 4) is 6.07 Å². The molecule has 3 rings (SSSR count). The molecule has 0 bridgehead atoms. The molecule has 2 saturated carbocycles. The SMILES string of the molecule is N#Cc1csc(CNCC2(C3CC3)CC2)c1. The summed E-state index contributed by atoms with van der Waals surface area (Å²) in [5, 5.41) is 14.2. The van der Waals surface area contributed by atoms with Crippen LogP contribution in [0.15, 0.2) is 11.4 Å². The quantitative estimate of drug-likeness (QED) is 0.847. The summed E-state index contributed by atoms with van der Waals surface area (Å²) in [4.78, 5) is 1.28. The second kappa shape index (κ2) is 3.87. The molecule has 0 aromatic carbocycles. The minimum atomic E-state index is 0.676. The van der Waals surface area contributed by atoms with Crippen molar-refractivity contribution in [1.29, 1.82) is 5.26 Å². The van der Waals surface area contributed by atoms with Crippen LogP contribution in [0.25, 0.3) is 0 Å². The van der Waals surface area contributed by atoms with Crippen molar-refractivity contribution in [3.63, 3.8) is 0 Å². The smallest absolute Gasteiger partial charge is 0.100 e. The molecule has 2 aliphatic rings. The highest BCUT2D eigenvalue weighted by Crippen LogP contribution is 2.60. The predicted molar refractivity (Wildman–Crippen MR) is 65.1 cm³/mol. The number of thiophene rings is 1. The van der Waals surface area contributed by atoms with Crippen LogP contribution in [-0.2, 0) is 6.54 Å². The fourth-order valence-corrected chi connectivity index (χ4v) is 3.33. The van der Waals surface area contributed by atoms with Crippen molar-refractivity contribution >= 4 is 11.3 Å². The molecule has 2 aliphatic carbocycles. The third-order valence-corrected chi connectivity index (χ3v) is 4.83. The van der Waals surface area contributed by atoms with E-state index < -0.39 is 0 Å². The van der Waals surface area contributed by atoms with E-state index in [4.69, 9.17) is 5.26 Å². The highest BCUT2D eigenvalue weighted by Gasteiger charge is 2.53. The van der Waals surface area contributed by atoms with Gasteiger partial charge in [0.2, 0.25) is 0 Å². The first-order valence-corrected chi connectivity index (χ1v) is 6.89. The van der Waals surface area contributed by atoms with Gasteiger partial charge in [0.15, 0.2) is 0 Å². The van der Waals surface area contributed by atoms with E-state index in [1.807, 2.05) is 11.4 Å². The van der Waals surface area contributed by atoms with Gasteiger partial charge in [-0.2, -0.15) is 5.26 Å². The lowest BCUT2D eigenvalue weighted by Gasteiger charge is -2.14. The largest absolute Gasteiger partial charge is 0.311 e. The maximum Gasteiger partial charge on any atom is 0.100 e. The van der Waals surface area contributed by atoms with Crippen molar-refractivity contribution in [2.45, 2.75) is 32.2 Å². The van der Waals surface area contributed by atoms with Gasteiger partial charge in [-0.1, -0.05) is 0 Å². The zero-order valence-electron chi connectivity index (χ0n) is 9.33. The third-order valence-electron chi connectivity index (χ3n) is 3.89. The van der Waals surface area contributed by atoms with Crippen LogP contribution in [0.4, 0.5) is 0 Å². The van der Waals surface area contributed by atoms with Gasteiger partial charge in [0, 0.05) is 23.3 Å². The van der Waals surface area contributed by atoms with E-state index >= 15 is 0 Å².